The third-order valence-electron chi connectivity index (χ3n) is 2.46. The normalized spacial score (nSPS) is 14.4. The van der Waals surface area contributed by atoms with E-state index in [1.54, 1.807) is 6.92 Å². The SMILES string of the molecule is CCOC(=O)C(CC=C(C)C)C(O)C(C)C. The van der Waals surface area contributed by atoms with Gasteiger partial charge in [-0.1, -0.05) is 25.5 Å². The highest BCUT2D eigenvalue weighted by Gasteiger charge is 2.29. The molecular weight excluding hydrogens is 204 g/mol. The minimum absolute atomic E-state index is 0.0555. The van der Waals surface area contributed by atoms with Crippen LogP contribution in [0.25, 0.3) is 0 Å². The van der Waals surface area contributed by atoms with Gasteiger partial charge in [-0.25, -0.2) is 0 Å². The summed E-state index contributed by atoms with van der Waals surface area (Å²) in [5, 5.41) is 9.97. The van der Waals surface area contributed by atoms with E-state index in [1.807, 2.05) is 33.8 Å². The molecule has 1 N–H and O–H groups in total. The highest BCUT2D eigenvalue weighted by molar-refractivity contribution is 5.73. The predicted molar refractivity (Wildman–Crippen MR) is 65.0 cm³/mol. The van der Waals surface area contributed by atoms with E-state index >= 15 is 0 Å². The van der Waals surface area contributed by atoms with Crippen LogP contribution in [-0.2, 0) is 9.53 Å². The molecule has 0 saturated heterocycles. The van der Waals surface area contributed by atoms with Crippen molar-refractivity contribution in [2.45, 2.75) is 47.1 Å². The molecule has 2 unspecified atom stereocenters. The first-order valence-electron chi connectivity index (χ1n) is 5.88. The molecule has 0 fully saturated rings. The Morgan fingerprint density at radius 3 is 2.31 bits per heavy atom. The Balaban J connectivity index is 4.62. The molecule has 0 aliphatic rings. The molecule has 3 nitrogen and oxygen atoms in total. The zero-order valence-electron chi connectivity index (χ0n) is 11.0. The number of aliphatic hydroxyl groups is 1. The third kappa shape index (κ3) is 5.31. The van der Waals surface area contributed by atoms with Gasteiger partial charge in [-0.15, -0.1) is 0 Å². The zero-order valence-corrected chi connectivity index (χ0v) is 11.0. The summed E-state index contributed by atoms with van der Waals surface area (Å²) in [6.07, 6.45) is 1.86. The van der Waals surface area contributed by atoms with Gasteiger partial charge in [0.1, 0.15) is 0 Å². The van der Waals surface area contributed by atoms with Crippen LogP contribution in [0.5, 0.6) is 0 Å². The first-order valence-corrected chi connectivity index (χ1v) is 5.88. The van der Waals surface area contributed by atoms with Gasteiger partial charge in [0.2, 0.25) is 0 Å². The summed E-state index contributed by atoms with van der Waals surface area (Å²) in [5.74, 6) is -0.698. The summed E-state index contributed by atoms with van der Waals surface area (Å²) in [6.45, 7) is 9.89. The highest BCUT2D eigenvalue weighted by Crippen LogP contribution is 2.19. The van der Waals surface area contributed by atoms with E-state index in [-0.39, 0.29) is 11.9 Å². The summed E-state index contributed by atoms with van der Waals surface area (Å²) in [5.41, 5.74) is 1.14. The van der Waals surface area contributed by atoms with E-state index in [0.29, 0.717) is 13.0 Å². The molecule has 0 amide bonds. The first kappa shape index (κ1) is 15.2. The fourth-order valence-corrected chi connectivity index (χ4v) is 1.45. The summed E-state index contributed by atoms with van der Waals surface area (Å²) in [6, 6.07) is 0. The molecule has 0 saturated carbocycles. The lowest BCUT2D eigenvalue weighted by Gasteiger charge is -2.23. The van der Waals surface area contributed by atoms with Crippen molar-refractivity contribution in [1.82, 2.24) is 0 Å². The fraction of sp³-hybridized carbons (Fsp3) is 0.769. The van der Waals surface area contributed by atoms with Crippen LogP contribution in [0.15, 0.2) is 11.6 Å². The van der Waals surface area contributed by atoms with E-state index in [1.165, 1.54) is 0 Å². The van der Waals surface area contributed by atoms with Crippen LogP contribution in [0.2, 0.25) is 0 Å². The maximum absolute atomic E-state index is 11.7. The Labute approximate surface area is 98.5 Å². The monoisotopic (exact) mass is 228 g/mol. The van der Waals surface area contributed by atoms with Crippen LogP contribution in [0.1, 0.15) is 41.0 Å². The summed E-state index contributed by atoms with van der Waals surface area (Å²) in [4.78, 5) is 11.7. The Morgan fingerprint density at radius 1 is 1.38 bits per heavy atom. The van der Waals surface area contributed by atoms with Gasteiger partial charge in [-0.2, -0.15) is 0 Å². The molecule has 0 spiro atoms. The number of hydrogen-bond acceptors (Lipinski definition) is 3. The van der Waals surface area contributed by atoms with Gasteiger partial charge in [0, 0.05) is 0 Å². The quantitative estimate of drug-likeness (QED) is 0.561. The second kappa shape index (κ2) is 7.44. The molecule has 0 heterocycles. The zero-order chi connectivity index (χ0) is 12.7. The molecule has 0 bridgehead atoms. The number of esters is 1. The van der Waals surface area contributed by atoms with Gasteiger partial charge < -0.3 is 9.84 Å². The average molecular weight is 228 g/mol. The number of hydrogen-bond donors (Lipinski definition) is 1. The second-order valence-electron chi connectivity index (χ2n) is 4.61. The van der Waals surface area contributed by atoms with Gasteiger partial charge in [-0.05, 0) is 33.1 Å². The van der Waals surface area contributed by atoms with Crippen LogP contribution in [0.3, 0.4) is 0 Å². The molecule has 94 valence electrons. The summed E-state index contributed by atoms with van der Waals surface area (Å²) < 4.78 is 4.98. The number of carbonyl (C=O) groups is 1. The van der Waals surface area contributed by atoms with Gasteiger partial charge in [0.25, 0.3) is 0 Å². The van der Waals surface area contributed by atoms with Crippen molar-refractivity contribution < 1.29 is 14.6 Å². The van der Waals surface area contributed by atoms with Crippen LogP contribution in [0, 0.1) is 11.8 Å². The molecule has 16 heavy (non-hydrogen) atoms. The van der Waals surface area contributed by atoms with Crippen molar-refractivity contribution in [2.75, 3.05) is 6.61 Å². The maximum atomic E-state index is 11.7. The Kier molecular flexibility index (Phi) is 7.06. The number of aliphatic hydroxyl groups excluding tert-OH is 1. The Hall–Kier alpha value is -0.830. The standard InChI is InChI=1S/C13H24O3/c1-6-16-13(15)11(8-7-9(2)3)12(14)10(4)5/h7,10-12,14H,6,8H2,1-5H3. The van der Waals surface area contributed by atoms with Crippen molar-refractivity contribution in [1.29, 1.82) is 0 Å². The molecule has 3 heteroatoms. The second-order valence-corrected chi connectivity index (χ2v) is 4.61. The van der Waals surface area contributed by atoms with Crippen molar-refractivity contribution >= 4 is 5.97 Å². The molecule has 0 aromatic rings. The summed E-state index contributed by atoms with van der Waals surface area (Å²) >= 11 is 0. The van der Waals surface area contributed by atoms with Gasteiger partial charge >= 0.3 is 5.97 Å². The van der Waals surface area contributed by atoms with Crippen molar-refractivity contribution in [2.24, 2.45) is 11.8 Å². The van der Waals surface area contributed by atoms with Crippen LogP contribution in [-0.4, -0.2) is 23.8 Å². The van der Waals surface area contributed by atoms with E-state index < -0.39 is 12.0 Å². The molecular formula is C13H24O3. The molecule has 0 rings (SSSR count). The number of rotatable bonds is 6. The molecule has 0 radical (unpaired) electrons. The summed E-state index contributed by atoms with van der Waals surface area (Å²) in [7, 11) is 0. The number of allylic oxidation sites excluding steroid dienone is 2. The van der Waals surface area contributed by atoms with Crippen LogP contribution in [0.4, 0.5) is 0 Å². The lowest BCUT2D eigenvalue weighted by atomic mass is 9.90. The number of carbonyl (C=O) groups excluding carboxylic acids is 1. The predicted octanol–water partition coefficient (Wildman–Crippen LogP) is 2.54. The number of ether oxygens (including phenoxy) is 1. The van der Waals surface area contributed by atoms with Gasteiger partial charge in [0.05, 0.1) is 18.6 Å². The average Bonchev–Trinajstić information content (AvgIpc) is 2.17. The smallest absolute Gasteiger partial charge is 0.311 e. The molecule has 0 aromatic heterocycles. The topological polar surface area (TPSA) is 46.5 Å². The largest absolute Gasteiger partial charge is 0.466 e. The Bertz CT molecular complexity index is 240. The van der Waals surface area contributed by atoms with Crippen LogP contribution < -0.4 is 0 Å². The fourth-order valence-electron chi connectivity index (χ4n) is 1.45. The van der Waals surface area contributed by atoms with Crippen molar-refractivity contribution in [3.8, 4) is 0 Å². The van der Waals surface area contributed by atoms with Crippen molar-refractivity contribution in [3.05, 3.63) is 11.6 Å². The minimum Gasteiger partial charge on any atom is -0.466 e. The third-order valence-corrected chi connectivity index (χ3v) is 2.46. The van der Waals surface area contributed by atoms with Crippen LogP contribution >= 0.6 is 0 Å². The minimum atomic E-state index is -0.644. The van der Waals surface area contributed by atoms with Gasteiger partial charge in [0.15, 0.2) is 0 Å². The maximum Gasteiger partial charge on any atom is 0.311 e. The molecule has 0 aliphatic carbocycles. The van der Waals surface area contributed by atoms with E-state index in [2.05, 4.69) is 0 Å². The van der Waals surface area contributed by atoms with E-state index in [0.717, 1.165) is 5.57 Å². The van der Waals surface area contributed by atoms with Gasteiger partial charge in [-0.3, -0.25) is 4.79 Å². The van der Waals surface area contributed by atoms with Crippen molar-refractivity contribution in [3.63, 3.8) is 0 Å². The Morgan fingerprint density at radius 2 is 1.94 bits per heavy atom. The lowest BCUT2D eigenvalue weighted by molar-refractivity contribution is -0.153. The first-order chi connectivity index (χ1) is 7.40. The highest BCUT2D eigenvalue weighted by atomic mass is 16.5. The van der Waals surface area contributed by atoms with E-state index in [9.17, 15) is 9.90 Å². The molecule has 0 aliphatic heterocycles. The lowest BCUT2D eigenvalue weighted by Crippen LogP contribution is -2.33. The van der Waals surface area contributed by atoms with E-state index in [4.69, 9.17) is 4.74 Å². The molecule has 0 aromatic carbocycles. The molecule has 2 atom stereocenters.